The van der Waals surface area contributed by atoms with Crippen LogP contribution in [0.5, 0.6) is 0 Å². The number of nitrogens with zero attached hydrogens (tertiary/aromatic N) is 4. The Hall–Kier alpha value is -2.23. The van der Waals surface area contributed by atoms with Crippen LogP contribution in [0.25, 0.3) is 22.6 Å². The van der Waals surface area contributed by atoms with Crippen LogP contribution in [0.2, 0.25) is 0 Å². The third-order valence-electron chi connectivity index (χ3n) is 4.47. The first-order valence-electron chi connectivity index (χ1n) is 8.57. The van der Waals surface area contributed by atoms with E-state index in [1.54, 1.807) is 21.4 Å². The van der Waals surface area contributed by atoms with Crippen LogP contribution >= 0.6 is 22.9 Å². The molecule has 8 heteroatoms. The molecule has 2 amide bonds. The van der Waals surface area contributed by atoms with E-state index in [-0.39, 0.29) is 6.03 Å². The number of carbonyl (C=O) groups is 1. The van der Waals surface area contributed by atoms with E-state index in [2.05, 4.69) is 43.1 Å². The molecule has 4 rings (SSSR count). The van der Waals surface area contributed by atoms with E-state index in [1.165, 1.54) is 12.8 Å². The number of aromatic nitrogens is 3. The van der Waals surface area contributed by atoms with Crippen LogP contribution in [-0.2, 0) is 0 Å². The first-order chi connectivity index (χ1) is 12.6. The average molecular weight is 463 g/mol. The number of aryl methyl sites for hydroxylation is 1. The minimum absolute atomic E-state index is 0.157. The van der Waals surface area contributed by atoms with Gasteiger partial charge in [-0.1, -0.05) is 12.8 Å². The maximum absolute atomic E-state index is 12.4. The van der Waals surface area contributed by atoms with Gasteiger partial charge >= 0.3 is 6.03 Å². The summed E-state index contributed by atoms with van der Waals surface area (Å²) in [6.45, 7) is 1.88. The number of nitrogens with one attached hydrogen (secondary N) is 1. The van der Waals surface area contributed by atoms with E-state index >= 15 is 0 Å². The number of pyridine rings is 1. The standard InChI is InChI=1S/C18H18IN5O2/c1-11-6-8-15(26-11)14-10-20-13-7-9-16(22-17(13)21-14)23-18(25)24(19)12-4-2-3-5-12/h6-10,12H,2-5H2,1H3,(H,21,22,23,25). The van der Waals surface area contributed by atoms with Crippen LogP contribution in [0, 0.1) is 6.92 Å². The van der Waals surface area contributed by atoms with Crippen LogP contribution in [0.3, 0.4) is 0 Å². The predicted molar refractivity (Wildman–Crippen MR) is 107 cm³/mol. The van der Waals surface area contributed by atoms with Crippen LogP contribution in [0.15, 0.2) is 34.9 Å². The summed E-state index contributed by atoms with van der Waals surface area (Å²) in [4.78, 5) is 25.8. The van der Waals surface area contributed by atoms with Crippen molar-refractivity contribution in [1.29, 1.82) is 0 Å². The number of hydrogen-bond acceptors (Lipinski definition) is 5. The lowest BCUT2D eigenvalue weighted by atomic mass is 10.2. The zero-order chi connectivity index (χ0) is 18.1. The van der Waals surface area contributed by atoms with Crippen LogP contribution in [-0.4, -0.2) is 30.1 Å². The van der Waals surface area contributed by atoms with Gasteiger partial charge in [-0.2, -0.15) is 0 Å². The van der Waals surface area contributed by atoms with E-state index in [0.29, 0.717) is 34.5 Å². The van der Waals surface area contributed by atoms with Gasteiger partial charge in [-0.25, -0.2) is 14.8 Å². The first kappa shape index (κ1) is 17.2. The van der Waals surface area contributed by atoms with Gasteiger partial charge in [0.2, 0.25) is 0 Å². The summed E-state index contributed by atoms with van der Waals surface area (Å²) in [6, 6.07) is 7.41. The number of anilines is 1. The lowest BCUT2D eigenvalue weighted by molar-refractivity contribution is 0.233. The largest absolute Gasteiger partial charge is 0.460 e. The predicted octanol–water partition coefficient (Wildman–Crippen LogP) is 4.72. The highest BCUT2D eigenvalue weighted by molar-refractivity contribution is 14.1. The molecule has 3 heterocycles. The zero-order valence-electron chi connectivity index (χ0n) is 14.3. The van der Waals surface area contributed by atoms with Gasteiger partial charge in [-0.3, -0.25) is 13.4 Å². The van der Waals surface area contributed by atoms with Crippen LogP contribution in [0.4, 0.5) is 10.6 Å². The van der Waals surface area contributed by atoms with Crippen molar-refractivity contribution in [2.45, 2.75) is 38.6 Å². The lowest BCUT2D eigenvalue weighted by Crippen LogP contribution is -2.33. The number of halogens is 1. The van der Waals surface area contributed by atoms with Crippen molar-refractivity contribution < 1.29 is 9.21 Å². The maximum Gasteiger partial charge on any atom is 0.332 e. The third kappa shape index (κ3) is 3.50. The molecule has 0 saturated heterocycles. The zero-order valence-corrected chi connectivity index (χ0v) is 16.4. The molecule has 3 aromatic heterocycles. The Morgan fingerprint density at radius 2 is 2.04 bits per heavy atom. The number of hydrogen-bond donors (Lipinski definition) is 1. The Labute approximate surface area is 164 Å². The number of urea groups is 1. The molecule has 0 aliphatic heterocycles. The molecule has 0 bridgehead atoms. The van der Waals surface area contributed by atoms with Crippen molar-refractivity contribution in [3.8, 4) is 11.5 Å². The van der Waals surface area contributed by atoms with Gasteiger partial charge in [0.15, 0.2) is 11.4 Å². The normalized spacial score (nSPS) is 14.7. The molecule has 1 N–H and O–H groups in total. The SMILES string of the molecule is Cc1ccc(-c2cnc3ccc(NC(=O)N(I)C4CCCC4)nc3n2)o1. The molecule has 134 valence electrons. The van der Waals surface area contributed by atoms with Gasteiger partial charge in [0.05, 0.1) is 29.1 Å². The first-order valence-corrected chi connectivity index (χ1v) is 9.53. The summed E-state index contributed by atoms with van der Waals surface area (Å²) < 4.78 is 7.33. The second-order valence-electron chi connectivity index (χ2n) is 6.38. The van der Waals surface area contributed by atoms with E-state index in [0.717, 1.165) is 18.6 Å². The van der Waals surface area contributed by atoms with Crippen LogP contribution < -0.4 is 5.32 Å². The van der Waals surface area contributed by atoms with Crippen molar-refractivity contribution in [1.82, 2.24) is 18.1 Å². The highest BCUT2D eigenvalue weighted by atomic mass is 127. The molecule has 0 spiro atoms. The van der Waals surface area contributed by atoms with Crippen molar-refractivity contribution in [3.05, 3.63) is 36.2 Å². The summed E-state index contributed by atoms with van der Waals surface area (Å²) in [5.41, 5.74) is 1.75. The summed E-state index contributed by atoms with van der Waals surface area (Å²) in [7, 11) is 0. The van der Waals surface area contributed by atoms with E-state index < -0.39 is 0 Å². The van der Waals surface area contributed by atoms with E-state index in [1.807, 2.05) is 19.1 Å². The Kier molecular flexibility index (Phi) is 4.75. The fourth-order valence-corrected chi connectivity index (χ4v) is 3.80. The Balaban J connectivity index is 1.57. The van der Waals surface area contributed by atoms with Crippen LogP contribution in [0.1, 0.15) is 31.4 Å². The fourth-order valence-electron chi connectivity index (χ4n) is 3.12. The quantitative estimate of drug-likeness (QED) is 0.449. The van der Waals surface area contributed by atoms with Crippen molar-refractivity contribution in [2.75, 3.05) is 5.32 Å². The molecule has 26 heavy (non-hydrogen) atoms. The second-order valence-corrected chi connectivity index (χ2v) is 7.42. The molecule has 3 aromatic rings. The molecule has 1 aliphatic rings. The Morgan fingerprint density at radius 1 is 1.23 bits per heavy atom. The monoisotopic (exact) mass is 463 g/mol. The van der Waals surface area contributed by atoms with E-state index in [9.17, 15) is 4.79 Å². The van der Waals surface area contributed by atoms with Gasteiger partial charge in [-0.15, -0.1) is 0 Å². The molecular formula is C18H18IN5O2. The maximum atomic E-state index is 12.4. The number of carbonyl (C=O) groups excluding carboxylic acids is 1. The number of amides is 2. The van der Waals surface area contributed by atoms with Crippen molar-refractivity contribution in [2.24, 2.45) is 0 Å². The molecule has 0 aromatic carbocycles. The Morgan fingerprint density at radius 3 is 2.77 bits per heavy atom. The molecule has 7 nitrogen and oxygen atoms in total. The van der Waals surface area contributed by atoms with Gasteiger partial charge in [0.1, 0.15) is 22.8 Å². The van der Waals surface area contributed by atoms with Crippen molar-refractivity contribution >= 4 is 45.9 Å². The van der Waals surface area contributed by atoms with E-state index in [4.69, 9.17) is 4.42 Å². The highest BCUT2D eigenvalue weighted by Crippen LogP contribution is 2.27. The molecular weight excluding hydrogens is 445 g/mol. The minimum atomic E-state index is -0.157. The molecule has 1 aliphatic carbocycles. The van der Waals surface area contributed by atoms with Gasteiger partial charge < -0.3 is 4.42 Å². The number of fused-ring (bicyclic) bond motifs is 1. The number of rotatable bonds is 3. The smallest absolute Gasteiger partial charge is 0.332 e. The minimum Gasteiger partial charge on any atom is -0.460 e. The summed E-state index contributed by atoms with van der Waals surface area (Å²) in [6.07, 6.45) is 6.12. The lowest BCUT2D eigenvalue weighted by Gasteiger charge is -2.21. The fraction of sp³-hybridized carbons (Fsp3) is 0.333. The summed E-state index contributed by atoms with van der Waals surface area (Å²) in [5, 5.41) is 2.85. The van der Waals surface area contributed by atoms with Gasteiger partial charge in [-0.05, 0) is 44.0 Å². The second kappa shape index (κ2) is 7.18. The molecule has 0 radical (unpaired) electrons. The highest BCUT2D eigenvalue weighted by Gasteiger charge is 2.25. The summed E-state index contributed by atoms with van der Waals surface area (Å²) in [5.74, 6) is 1.92. The molecule has 0 atom stereocenters. The number of furan rings is 1. The van der Waals surface area contributed by atoms with Gasteiger partial charge in [0.25, 0.3) is 0 Å². The van der Waals surface area contributed by atoms with Crippen molar-refractivity contribution in [3.63, 3.8) is 0 Å². The third-order valence-corrected chi connectivity index (χ3v) is 5.70. The molecule has 1 saturated carbocycles. The molecule has 0 unspecified atom stereocenters. The van der Waals surface area contributed by atoms with Gasteiger partial charge in [0, 0.05) is 6.04 Å². The average Bonchev–Trinajstić information content (AvgIpc) is 3.32. The Bertz CT molecular complexity index is 952. The molecule has 1 fully saturated rings. The topological polar surface area (TPSA) is 84.2 Å². The summed E-state index contributed by atoms with van der Waals surface area (Å²) >= 11 is 2.08.